The van der Waals surface area contributed by atoms with Gasteiger partial charge >= 0.3 is 6.18 Å². The second kappa shape index (κ2) is 8.45. The Labute approximate surface area is 192 Å². The fraction of sp³-hybridized carbons (Fsp3) is 0.389. The number of halogens is 5. The summed E-state index contributed by atoms with van der Waals surface area (Å²) in [7, 11) is -3.19. The van der Waals surface area contributed by atoms with E-state index in [2.05, 4.69) is 4.72 Å². The Morgan fingerprint density at radius 3 is 2.61 bits per heavy atom. The molecule has 1 aromatic heterocycles. The van der Waals surface area contributed by atoms with Crippen molar-refractivity contribution in [2.45, 2.75) is 42.9 Å². The summed E-state index contributed by atoms with van der Waals surface area (Å²) in [6.45, 7) is 0.722. The van der Waals surface area contributed by atoms with Gasteiger partial charge in [0.15, 0.2) is 5.60 Å². The number of sulfonamides is 1. The minimum Gasteiger partial charge on any atom is -0.380 e. The average Bonchev–Trinajstić information content (AvgIpc) is 3.07. The smallest absolute Gasteiger partial charge is 0.380 e. The predicted octanol–water partition coefficient (Wildman–Crippen LogP) is 4.56. The Bertz CT molecular complexity index is 1160. The molecule has 0 aliphatic heterocycles. The first-order valence-corrected chi connectivity index (χ1v) is 13.7. The van der Waals surface area contributed by atoms with E-state index in [0.29, 0.717) is 11.3 Å². The van der Waals surface area contributed by atoms with E-state index in [0.717, 1.165) is 28.2 Å². The van der Waals surface area contributed by atoms with Gasteiger partial charge in [0, 0.05) is 48.1 Å². The van der Waals surface area contributed by atoms with E-state index in [9.17, 15) is 31.1 Å². The number of hydrogen-bond acceptors (Lipinski definition) is 5. The summed E-state index contributed by atoms with van der Waals surface area (Å²) >= 11 is 1.87. The highest BCUT2D eigenvalue weighted by atomic mass is 127. The lowest BCUT2D eigenvalue weighted by atomic mass is 9.77. The maximum Gasteiger partial charge on any atom is 0.417 e. The van der Waals surface area contributed by atoms with Crippen molar-refractivity contribution >= 4 is 46.0 Å². The van der Waals surface area contributed by atoms with Crippen LogP contribution in [0.4, 0.5) is 23.2 Å². The molecule has 13 heteroatoms. The molecule has 1 aliphatic rings. The number of rotatable bonds is 5. The van der Waals surface area contributed by atoms with Crippen LogP contribution in [-0.4, -0.2) is 29.3 Å². The van der Waals surface area contributed by atoms with Crippen LogP contribution in [0.3, 0.4) is 0 Å². The van der Waals surface area contributed by atoms with Gasteiger partial charge in [0.1, 0.15) is 10.7 Å². The maximum absolute atomic E-state index is 14.2. The molecule has 6 nitrogen and oxygen atoms in total. The lowest BCUT2D eigenvalue weighted by molar-refractivity contribution is -0.273. The molecular weight excluding hydrogens is 573 g/mol. The number of hydrogen-bond donors (Lipinski definition) is 2. The van der Waals surface area contributed by atoms with Crippen LogP contribution in [0.25, 0.3) is 0 Å². The monoisotopic (exact) mass is 589 g/mol. The second-order valence-corrected chi connectivity index (χ2v) is 10.7. The van der Waals surface area contributed by atoms with Crippen molar-refractivity contribution in [1.29, 1.82) is 5.26 Å². The fourth-order valence-electron chi connectivity index (χ4n) is 3.54. The Morgan fingerprint density at radius 2 is 2.06 bits per heavy atom. The van der Waals surface area contributed by atoms with E-state index in [-0.39, 0.29) is 35.4 Å². The van der Waals surface area contributed by atoms with Gasteiger partial charge in [-0.2, -0.15) is 18.4 Å². The number of nitriles is 1. The highest BCUT2D eigenvalue weighted by Gasteiger charge is 2.55. The zero-order valence-electron chi connectivity index (χ0n) is 15.9. The molecule has 0 radical (unpaired) electrons. The number of fused-ring (bicyclic) bond motifs is 1. The standard InChI is InChI=1S/C18H16F4IN3O3S2/c1-17(27,18(20,21)22)11-3-4-12-15(7-11)26(30-23)9-16(12)31(28,29)25-14-5-2-10(8-24)6-13(14)19/h2,5-6,9,11,25,27H,3-4,7H2,1H3. The molecule has 0 bridgehead atoms. The zero-order chi connectivity index (χ0) is 23.2. The van der Waals surface area contributed by atoms with E-state index < -0.39 is 33.5 Å². The van der Waals surface area contributed by atoms with Gasteiger partial charge in [-0.25, -0.2) is 12.8 Å². The molecule has 0 amide bonds. The van der Waals surface area contributed by atoms with Gasteiger partial charge in [0.05, 0.1) is 17.3 Å². The van der Waals surface area contributed by atoms with E-state index in [1.54, 1.807) is 6.07 Å². The SMILES string of the molecule is CC(O)(C1CCc2c(S(=O)(=O)Nc3ccc(C#N)cc3F)cn(SI)c2C1)C(F)(F)F. The lowest BCUT2D eigenvalue weighted by Crippen LogP contribution is -2.50. The molecule has 0 saturated carbocycles. The topological polar surface area (TPSA) is 95.1 Å². The number of aromatic nitrogens is 1. The van der Waals surface area contributed by atoms with Crippen molar-refractivity contribution in [3.8, 4) is 6.07 Å². The first-order chi connectivity index (χ1) is 14.3. The third-order valence-electron chi connectivity index (χ3n) is 5.40. The summed E-state index contributed by atoms with van der Waals surface area (Å²) in [4.78, 5) is -0.166. The minimum atomic E-state index is -4.83. The van der Waals surface area contributed by atoms with Crippen molar-refractivity contribution in [2.24, 2.45) is 5.92 Å². The number of nitrogens with zero attached hydrogens (tertiary/aromatic N) is 2. The molecule has 2 atom stereocenters. The van der Waals surface area contributed by atoms with Crippen molar-refractivity contribution in [2.75, 3.05) is 4.72 Å². The zero-order valence-corrected chi connectivity index (χ0v) is 19.7. The summed E-state index contributed by atoms with van der Waals surface area (Å²) in [5.74, 6) is -2.07. The molecule has 0 spiro atoms. The Balaban J connectivity index is 1.98. The van der Waals surface area contributed by atoms with E-state index >= 15 is 0 Å². The van der Waals surface area contributed by atoms with Crippen LogP contribution in [0, 0.1) is 23.1 Å². The van der Waals surface area contributed by atoms with Crippen molar-refractivity contribution in [1.82, 2.24) is 3.97 Å². The number of alkyl halides is 3. The Kier molecular flexibility index (Phi) is 6.58. The minimum absolute atomic E-state index is 0.00251. The molecule has 0 fully saturated rings. The molecule has 31 heavy (non-hydrogen) atoms. The first kappa shape index (κ1) is 24.1. The lowest BCUT2D eigenvalue weighted by Gasteiger charge is -2.37. The fourth-order valence-corrected chi connectivity index (χ4v) is 6.43. The van der Waals surface area contributed by atoms with Crippen molar-refractivity contribution < 1.29 is 31.1 Å². The summed E-state index contributed by atoms with van der Waals surface area (Å²) in [5.41, 5.74) is -2.55. The number of benzene rings is 1. The number of anilines is 1. The van der Waals surface area contributed by atoms with Crippen LogP contribution < -0.4 is 4.72 Å². The number of nitrogens with one attached hydrogen (secondary N) is 1. The second-order valence-electron chi connectivity index (χ2n) is 7.31. The predicted molar refractivity (Wildman–Crippen MR) is 116 cm³/mol. The third kappa shape index (κ3) is 4.53. The molecule has 168 valence electrons. The summed E-state index contributed by atoms with van der Waals surface area (Å²) in [6, 6.07) is 5.01. The molecule has 1 aromatic carbocycles. The molecule has 0 saturated heterocycles. The van der Waals surface area contributed by atoms with E-state index in [1.165, 1.54) is 16.2 Å². The van der Waals surface area contributed by atoms with Gasteiger partial charge in [-0.3, -0.25) is 8.69 Å². The van der Waals surface area contributed by atoms with Crippen LogP contribution in [-0.2, 0) is 22.9 Å². The van der Waals surface area contributed by atoms with Crippen molar-refractivity contribution in [3.63, 3.8) is 0 Å². The molecule has 3 rings (SSSR count). The van der Waals surface area contributed by atoms with Crippen LogP contribution in [0.5, 0.6) is 0 Å². The van der Waals surface area contributed by atoms with Crippen molar-refractivity contribution in [3.05, 3.63) is 47.0 Å². The van der Waals surface area contributed by atoms with Gasteiger partial charge in [0.2, 0.25) is 0 Å². The highest BCUT2D eigenvalue weighted by Crippen LogP contribution is 2.44. The molecule has 1 aliphatic carbocycles. The van der Waals surface area contributed by atoms with E-state index in [1.807, 2.05) is 21.2 Å². The molecule has 2 unspecified atom stereocenters. The average molecular weight is 589 g/mol. The highest BCUT2D eigenvalue weighted by molar-refractivity contribution is 14.2. The summed E-state index contributed by atoms with van der Waals surface area (Å²) in [5, 5.41) is 18.9. The molecular formula is C18H16F4IN3O3S2. The molecule has 2 aromatic rings. The largest absolute Gasteiger partial charge is 0.417 e. The first-order valence-electron chi connectivity index (χ1n) is 8.85. The Morgan fingerprint density at radius 1 is 1.39 bits per heavy atom. The van der Waals surface area contributed by atoms with Crippen LogP contribution >= 0.6 is 30.3 Å². The quantitative estimate of drug-likeness (QED) is 0.394. The third-order valence-corrected chi connectivity index (χ3v) is 8.57. The van der Waals surface area contributed by atoms with Gasteiger partial charge in [-0.1, -0.05) is 0 Å². The van der Waals surface area contributed by atoms with Gasteiger partial charge < -0.3 is 5.11 Å². The normalized spacial score (nSPS) is 18.7. The van der Waals surface area contributed by atoms with Crippen LogP contribution in [0.2, 0.25) is 0 Å². The summed E-state index contributed by atoms with van der Waals surface area (Å²) < 4.78 is 83.5. The van der Waals surface area contributed by atoms with Gasteiger partial charge in [0.25, 0.3) is 10.0 Å². The van der Waals surface area contributed by atoms with Gasteiger partial charge in [-0.15, -0.1) is 0 Å². The summed E-state index contributed by atoms with van der Waals surface area (Å²) in [6.07, 6.45) is -3.78. The van der Waals surface area contributed by atoms with Crippen LogP contribution in [0.1, 0.15) is 30.2 Å². The van der Waals surface area contributed by atoms with E-state index in [4.69, 9.17) is 5.26 Å². The maximum atomic E-state index is 14.2. The molecule has 1 heterocycles. The number of aliphatic hydroxyl groups is 1. The Hall–Kier alpha value is -1.50. The van der Waals surface area contributed by atoms with Gasteiger partial charge in [-0.05, 0) is 49.9 Å². The van der Waals surface area contributed by atoms with Crippen LogP contribution in [0.15, 0.2) is 29.3 Å². The molecule has 2 N–H and O–H groups in total.